The highest BCUT2D eigenvalue weighted by molar-refractivity contribution is 5.76. The number of carbonyl (C=O) groups excluding carboxylic acids is 2. The highest BCUT2D eigenvalue weighted by Crippen LogP contribution is 2.35. The fourth-order valence-corrected chi connectivity index (χ4v) is 2.80. The van der Waals surface area contributed by atoms with Crippen molar-refractivity contribution < 1.29 is 54.5 Å². The molecule has 7 atom stereocenters. The molecule has 0 bridgehead atoms. The van der Waals surface area contributed by atoms with E-state index in [9.17, 15) is 34.8 Å². The predicted molar refractivity (Wildman–Crippen MR) is 88.0 cm³/mol. The van der Waals surface area contributed by atoms with Crippen LogP contribution in [0.1, 0.15) is 19.8 Å². The summed E-state index contributed by atoms with van der Waals surface area (Å²) in [7, 11) is 0. The van der Waals surface area contributed by atoms with Crippen LogP contribution in [0.4, 0.5) is 0 Å². The maximum atomic E-state index is 11.4. The third-order valence-corrected chi connectivity index (χ3v) is 4.18. The molecular weight excluding hydrogens is 384 g/mol. The topological polar surface area (TPSA) is 229 Å². The standard InChI is InChI=1S/C15H26N2O11/c1-6(19)17-12(22)11-9(21)3-15(26,14(24)25)28-10(11)2-7(20)5-27-13(23)8(16)4-18/h7-12,18,20-22,26H,2-5,16H2,1H3,(H,17,19)(H,24,25)/t7-,8-,9?,10?,11?,12-,15?/m0/s1. The molecule has 1 rings (SSSR count). The summed E-state index contributed by atoms with van der Waals surface area (Å²) >= 11 is 0. The van der Waals surface area contributed by atoms with Crippen LogP contribution in [0.2, 0.25) is 0 Å². The van der Waals surface area contributed by atoms with Crippen LogP contribution in [-0.2, 0) is 23.9 Å². The van der Waals surface area contributed by atoms with Gasteiger partial charge in [0.15, 0.2) is 0 Å². The lowest BCUT2D eigenvalue weighted by Crippen LogP contribution is -2.61. The van der Waals surface area contributed by atoms with Crippen molar-refractivity contribution >= 4 is 17.8 Å². The second-order valence-corrected chi connectivity index (χ2v) is 6.55. The number of hydrogen-bond acceptors (Lipinski definition) is 11. The molecule has 1 fully saturated rings. The van der Waals surface area contributed by atoms with E-state index in [4.69, 9.17) is 20.7 Å². The summed E-state index contributed by atoms with van der Waals surface area (Å²) in [6, 6.07) is -1.31. The molecule has 0 saturated carbocycles. The van der Waals surface area contributed by atoms with Gasteiger partial charge in [0.25, 0.3) is 5.79 Å². The molecule has 0 aromatic heterocycles. The van der Waals surface area contributed by atoms with Crippen molar-refractivity contribution in [2.24, 2.45) is 11.7 Å². The monoisotopic (exact) mass is 410 g/mol. The van der Waals surface area contributed by atoms with E-state index < -0.39 is 86.2 Å². The molecule has 13 heteroatoms. The largest absolute Gasteiger partial charge is 0.477 e. The van der Waals surface area contributed by atoms with Crippen LogP contribution in [-0.4, -0.2) is 98.1 Å². The molecule has 1 saturated heterocycles. The van der Waals surface area contributed by atoms with Crippen LogP contribution >= 0.6 is 0 Å². The number of nitrogens with two attached hydrogens (primary N) is 1. The maximum Gasteiger partial charge on any atom is 0.364 e. The fraction of sp³-hybridized carbons (Fsp3) is 0.800. The first-order valence-corrected chi connectivity index (χ1v) is 8.39. The minimum atomic E-state index is -2.79. The number of rotatable bonds is 9. The SMILES string of the molecule is CC(=O)N[C@@H](O)C1C(O)CC(O)(C(=O)O)OC1C[C@H](O)COC(=O)[C@@H](N)CO. The smallest absolute Gasteiger partial charge is 0.364 e. The van der Waals surface area contributed by atoms with E-state index in [-0.39, 0.29) is 0 Å². The van der Waals surface area contributed by atoms with E-state index in [1.54, 1.807) is 0 Å². The summed E-state index contributed by atoms with van der Waals surface area (Å²) in [5.74, 6) is -7.52. The van der Waals surface area contributed by atoms with E-state index in [1.807, 2.05) is 0 Å². The number of nitrogens with one attached hydrogen (secondary N) is 1. The highest BCUT2D eigenvalue weighted by atomic mass is 16.7. The lowest BCUT2D eigenvalue weighted by molar-refractivity contribution is -0.297. The van der Waals surface area contributed by atoms with Gasteiger partial charge in [-0.05, 0) is 0 Å². The van der Waals surface area contributed by atoms with Crippen molar-refractivity contribution in [2.45, 2.75) is 56.1 Å². The molecule has 1 heterocycles. The molecule has 162 valence electrons. The van der Waals surface area contributed by atoms with Gasteiger partial charge < -0.3 is 51.2 Å². The lowest BCUT2D eigenvalue weighted by Gasteiger charge is -2.44. The number of carbonyl (C=O) groups is 3. The summed E-state index contributed by atoms with van der Waals surface area (Å²) in [4.78, 5) is 33.8. The van der Waals surface area contributed by atoms with Crippen LogP contribution in [0, 0.1) is 5.92 Å². The number of carboxylic acid groups (broad SMARTS) is 1. The Bertz CT molecular complexity index is 574. The molecule has 4 unspecified atom stereocenters. The number of aliphatic hydroxyl groups is 5. The van der Waals surface area contributed by atoms with Crippen molar-refractivity contribution in [3.63, 3.8) is 0 Å². The van der Waals surface area contributed by atoms with Gasteiger partial charge in [0.1, 0.15) is 18.9 Å². The van der Waals surface area contributed by atoms with Crippen molar-refractivity contribution in [3.05, 3.63) is 0 Å². The normalized spacial score (nSPS) is 30.8. The number of esters is 1. The first-order chi connectivity index (χ1) is 12.9. The van der Waals surface area contributed by atoms with Gasteiger partial charge in [-0.3, -0.25) is 9.59 Å². The Balaban J connectivity index is 2.90. The van der Waals surface area contributed by atoms with Crippen LogP contribution in [0.25, 0.3) is 0 Å². The van der Waals surface area contributed by atoms with Gasteiger partial charge >= 0.3 is 11.9 Å². The van der Waals surface area contributed by atoms with Crippen LogP contribution in [0.3, 0.4) is 0 Å². The number of carboxylic acids is 1. The second kappa shape index (κ2) is 10.1. The predicted octanol–water partition coefficient (Wildman–Crippen LogP) is -4.41. The number of aliphatic carboxylic acids is 1. The van der Waals surface area contributed by atoms with Crippen LogP contribution in [0.15, 0.2) is 0 Å². The van der Waals surface area contributed by atoms with Gasteiger partial charge in [-0.1, -0.05) is 0 Å². The molecular formula is C15H26N2O11. The third-order valence-electron chi connectivity index (χ3n) is 4.18. The summed E-state index contributed by atoms with van der Waals surface area (Å²) in [6.45, 7) is -0.193. The summed E-state index contributed by atoms with van der Waals surface area (Å²) in [5, 5.41) is 60.4. The summed E-state index contributed by atoms with van der Waals surface area (Å²) in [6.07, 6.45) is -7.46. The Hall–Kier alpha value is -1.87. The molecule has 1 amide bonds. The number of ether oxygens (including phenoxy) is 2. The van der Waals surface area contributed by atoms with Gasteiger partial charge in [0, 0.05) is 19.8 Å². The summed E-state index contributed by atoms with van der Waals surface area (Å²) in [5.41, 5.74) is 5.25. The van der Waals surface area contributed by atoms with Crippen LogP contribution in [0.5, 0.6) is 0 Å². The fourth-order valence-electron chi connectivity index (χ4n) is 2.80. The number of amides is 1. The molecule has 1 aliphatic heterocycles. The average molecular weight is 410 g/mol. The first-order valence-electron chi connectivity index (χ1n) is 8.39. The molecule has 1 aliphatic rings. The molecule has 0 aliphatic carbocycles. The molecule has 0 radical (unpaired) electrons. The number of hydrogen-bond donors (Lipinski definition) is 8. The van der Waals surface area contributed by atoms with E-state index in [2.05, 4.69) is 10.1 Å². The van der Waals surface area contributed by atoms with Crippen molar-refractivity contribution in [3.8, 4) is 0 Å². The molecule has 28 heavy (non-hydrogen) atoms. The average Bonchev–Trinajstić information content (AvgIpc) is 2.57. The van der Waals surface area contributed by atoms with E-state index in [0.717, 1.165) is 6.92 Å². The van der Waals surface area contributed by atoms with Crippen molar-refractivity contribution in [1.29, 1.82) is 0 Å². The Kier molecular flexibility index (Phi) is 8.69. The lowest BCUT2D eigenvalue weighted by atomic mass is 9.83. The molecule has 13 nitrogen and oxygen atoms in total. The van der Waals surface area contributed by atoms with Gasteiger partial charge in [-0.2, -0.15) is 0 Å². The maximum absolute atomic E-state index is 11.4. The van der Waals surface area contributed by atoms with E-state index >= 15 is 0 Å². The van der Waals surface area contributed by atoms with Gasteiger partial charge in [-0.25, -0.2) is 4.79 Å². The Morgan fingerprint density at radius 1 is 1.36 bits per heavy atom. The highest BCUT2D eigenvalue weighted by Gasteiger charge is 2.53. The van der Waals surface area contributed by atoms with Gasteiger partial charge in [-0.15, -0.1) is 0 Å². The Labute approximate surface area is 159 Å². The zero-order valence-corrected chi connectivity index (χ0v) is 15.1. The van der Waals surface area contributed by atoms with E-state index in [1.165, 1.54) is 0 Å². The molecule has 0 aromatic carbocycles. The van der Waals surface area contributed by atoms with Gasteiger partial charge in [0.05, 0.1) is 30.8 Å². The molecule has 0 spiro atoms. The summed E-state index contributed by atoms with van der Waals surface area (Å²) < 4.78 is 9.77. The van der Waals surface area contributed by atoms with Gasteiger partial charge in [0.2, 0.25) is 5.91 Å². The minimum absolute atomic E-state index is 0.477. The first kappa shape index (κ1) is 24.2. The van der Waals surface area contributed by atoms with Crippen molar-refractivity contribution in [1.82, 2.24) is 5.32 Å². The minimum Gasteiger partial charge on any atom is -0.477 e. The third kappa shape index (κ3) is 6.34. The molecule has 0 aromatic rings. The van der Waals surface area contributed by atoms with E-state index in [0.29, 0.717) is 0 Å². The van der Waals surface area contributed by atoms with Crippen LogP contribution < -0.4 is 11.1 Å². The Morgan fingerprint density at radius 2 is 1.96 bits per heavy atom. The zero-order chi connectivity index (χ0) is 21.6. The number of aliphatic hydroxyl groups excluding tert-OH is 4. The zero-order valence-electron chi connectivity index (χ0n) is 15.1. The second-order valence-electron chi connectivity index (χ2n) is 6.55. The quantitative estimate of drug-likeness (QED) is 0.133. The van der Waals surface area contributed by atoms with Crippen molar-refractivity contribution in [2.75, 3.05) is 13.2 Å². The molecule has 9 N–H and O–H groups in total. The Morgan fingerprint density at radius 3 is 2.46 bits per heavy atom.